The summed E-state index contributed by atoms with van der Waals surface area (Å²) in [5.74, 6) is 0.272. The van der Waals surface area contributed by atoms with Gasteiger partial charge in [0.25, 0.3) is 0 Å². The van der Waals surface area contributed by atoms with Crippen LogP contribution in [0.4, 0.5) is 0 Å². The molecule has 0 heterocycles. The van der Waals surface area contributed by atoms with E-state index in [4.69, 9.17) is 0 Å². The molecule has 2 unspecified atom stereocenters. The molecule has 102 valence electrons. The predicted molar refractivity (Wildman–Crippen MR) is 78.1 cm³/mol. The Bertz CT molecular complexity index is 382. The van der Waals surface area contributed by atoms with E-state index < -0.39 is 0 Å². The van der Waals surface area contributed by atoms with Gasteiger partial charge in [-0.3, -0.25) is 0 Å². The molecular weight excluding hydrogens is 222 g/mol. The molecule has 1 rings (SSSR count). The average molecular weight is 249 g/mol. The number of aryl methyl sites for hydroxylation is 2. The van der Waals surface area contributed by atoms with Crippen molar-refractivity contribution in [3.63, 3.8) is 0 Å². The number of hydrogen-bond acceptors (Lipinski definition) is 2. The molecule has 0 aromatic heterocycles. The largest absolute Gasteiger partial charge is 0.396 e. The number of nitrogens with one attached hydrogen (secondary N) is 1. The lowest BCUT2D eigenvalue weighted by Crippen LogP contribution is -2.29. The highest BCUT2D eigenvalue weighted by molar-refractivity contribution is 5.46. The van der Waals surface area contributed by atoms with Crippen molar-refractivity contribution in [2.45, 2.75) is 47.1 Å². The van der Waals surface area contributed by atoms with E-state index in [0.29, 0.717) is 0 Å². The minimum absolute atomic E-state index is 0.230. The van der Waals surface area contributed by atoms with Gasteiger partial charge in [0.2, 0.25) is 0 Å². The molecule has 2 nitrogen and oxygen atoms in total. The first kappa shape index (κ1) is 15.2. The van der Waals surface area contributed by atoms with E-state index in [1.54, 1.807) is 0 Å². The van der Waals surface area contributed by atoms with Crippen LogP contribution in [0.1, 0.15) is 47.2 Å². The lowest BCUT2D eigenvalue weighted by atomic mass is 9.83. The molecule has 0 saturated carbocycles. The van der Waals surface area contributed by atoms with Crippen molar-refractivity contribution in [1.29, 1.82) is 0 Å². The molecule has 0 bridgehead atoms. The van der Waals surface area contributed by atoms with Gasteiger partial charge in [0.05, 0.1) is 0 Å². The van der Waals surface area contributed by atoms with Gasteiger partial charge in [0.1, 0.15) is 0 Å². The summed E-state index contributed by atoms with van der Waals surface area (Å²) in [4.78, 5) is 0. The zero-order valence-electron chi connectivity index (χ0n) is 12.6. The summed E-state index contributed by atoms with van der Waals surface area (Å²) in [7, 11) is 1.99. The minimum Gasteiger partial charge on any atom is -0.396 e. The first-order chi connectivity index (χ1) is 8.47. The molecule has 0 spiro atoms. The van der Waals surface area contributed by atoms with Crippen LogP contribution in [-0.2, 0) is 0 Å². The molecule has 0 radical (unpaired) electrons. The number of aliphatic hydroxyl groups is 1. The molecule has 2 N–H and O–H groups in total. The standard InChI is InChI=1S/C16H27NO/c1-7-14(9-18)16(17-6)15-12(4)10(2)8-11(3)13(15)5/h8,14,16-18H,7,9H2,1-6H3. The van der Waals surface area contributed by atoms with E-state index in [2.05, 4.69) is 46.0 Å². The van der Waals surface area contributed by atoms with Crippen LogP contribution in [0.15, 0.2) is 6.07 Å². The van der Waals surface area contributed by atoms with Gasteiger partial charge in [-0.1, -0.05) is 13.0 Å². The van der Waals surface area contributed by atoms with Gasteiger partial charge in [-0.25, -0.2) is 0 Å². The third-order valence-electron chi connectivity index (χ3n) is 4.28. The molecule has 18 heavy (non-hydrogen) atoms. The van der Waals surface area contributed by atoms with Crippen LogP contribution in [0, 0.1) is 33.6 Å². The van der Waals surface area contributed by atoms with Gasteiger partial charge in [-0.15, -0.1) is 0 Å². The SMILES string of the molecule is CCC(CO)C(NC)c1c(C)c(C)cc(C)c1C. The summed E-state index contributed by atoms with van der Waals surface area (Å²) in [6.07, 6.45) is 0.980. The second-order valence-electron chi connectivity index (χ2n) is 5.29. The van der Waals surface area contributed by atoms with Gasteiger partial charge in [0.15, 0.2) is 0 Å². The quantitative estimate of drug-likeness (QED) is 0.840. The maximum atomic E-state index is 9.57. The van der Waals surface area contributed by atoms with Crippen LogP contribution in [0.3, 0.4) is 0 Å². The Labute approximate surface area is 111 Å². The zero-order chi connectivity index (χ0) is 13.9. The molecule has 2 heteroatoms. The first-order valence-electron chi connectivity index (χ1n) is 6.83. The Morgan fingerprint density at radius 3 is 1.94 bits per heavy atom. The van der Waals surface area contributed by atoms with E-state index in [0.717, 1.165) is 6.42 Å². The van der Waals surface area contributed by atoms with Crippen molar-refractivity contribution in [1.82, 2.24) is 5.32 Å². The monoisotopic (exact) mass is 249 g/mol. The highest BCUT2D eigenvalue weighted by Gasteiger charge is 2.24. The average Bonchev–Trinajstić information content (AvgIpc) is 2.36. The lowest BCUT2D eigenvalue weighted by Gasteiger charge is -2.29. The van der Waals surface area contributed by atoms with Gasteiger partial charge < -0.3 is 10.4 Å². The Hall–Kier alpha value is -0.860. The van der Waals surface area contributed by atoms with Gasteiger partial charge in [0, 0.05) is 18.6 Å². The van der Waals surface area contributed by atoms with E-state index in [-0.39, 0.29) is 18.6 Å². The molecule has 0 amide bonds. The predicted octanol–water partition coefficient (Wildman–Crippen LogP) is 3.20. The van der Waals surface area contributed by atoms with Crippen molar-refractivity contribution < 1.29 is 5.11 Å². The fraction of sp³-hybridized carbons (Fsp3) is 0.625. The highest BCUT2D eigenvalue weighted by atomic mass is 16.3. The topological polar surface area (TPSA) is 32.3 Å². The summed E-state index contributed by atoms with van der Waals surface area (Å²) in [6.45, 7) is 11.1. The van der Waals surface area contributed by atoms with Crippen molar-refractivity contribution in [2.24, 2.45) is 5.92 Å². The Balaban J connectivity index is 3.37. The molecule has 1 aromatic carbocycles. The smallest absolute Gasteiger partial charge is 0.0477 e. The number of benzene rings is 1. The van der Waals surface area contributed by atoms with Gasteiger partial charge in [-0.05, 0) is 69.0 Å². The normalized spacial score (nSPS) is 14.6. The van der Waals surface area contributed by atoms with Crippen molar-refractivity contribution in [3.8, 4) is 0 Å². The van der Waals surface area contributed by atoms with Crippen molar-refractivity contribution in [2.75, 3.05) is 13.7 Å². The fourth-order valence-electron chi connectivity index (χ4n) is 2.80. The van der Waals surface area contributed by atoms with E-state index in [9.17, 15) is 5.11 Å². The van der Waals surface area contributed by atoms with Crippen molar-refractivity contribution in [3.05, 3.63) is 33.9 Å². The number of aliphatic hydroxyl groups excluding tert-OH is 1. The fourth-order valence-corrected chi connectivity index (χ4v) is 2.80. The lowest BCUT2D eigenvalue weighted by molar-refractivity contribution is 0.188. The van der Waals surface area contributed by atoms with Crippen LogP contribution in [0.5, 0.6) is 0 Å². The summed E-state index contributed by atoms with van der Waals surface area (Å²) in [5.41, 5.74) is 6.74. The second kappa shape index (κ2) is 6.35. The van der Waals surface area contributed by atoms with Crippen LogP contribution in [0.2, 0.25) is 0 Å². The van der Waals surface area contributed by atoms with E-state index >= 15 is 0 Å². The summed E-state index contributed by atoms with van der Waals surface area (Å²) in [6, 6.07) is 2.49. The molecular formula is C16H27NO. The molecule has 2 atom stereocenters. The molecule has 0 aliphatic heterocycles. The van der Waals surface area contributed by atoms with Crippen LogP contribution in [0.25, 0.3) is 0 Å². The van der Waals surface area contributed by atoms with Gasteiger partial charge >= 0.3 is 0 Å². The Morgan fingerprint density at radius 2 is 1.61 bits per heavy atom. The summed E-state index contributed by atoms with van der Waals surface area (Å²) < 4.78 is 0. The van der Waals surface area contributed by atoms with Gasteiger partial charge in [-0.2, -0.15) is 0 Å². The van der Waals surface area contributed by atoms with Crippen LogP contribution < -0.4 is 5.32 Å². The Morgan fingerprint density at radius 1 is 1.11 bits per heavy atom. The van der Waals surface area contributed by atoms with Crippen molar-refractivity contribution >= 4 is 0 Å². The summed E-state index contributed by atoms with van der Waals surface area (Å²) >= 11 is 0. The molecule has 1 aromatic rings. The highest BCUT2D eigenvalue weighted by Crippen LogP contribution is 2.32. The van der Waals surface area contributed by atoms with Crippen LogP contribution in [-0.4, -0.2) is 18.8 Å². The number of rotatable bonds is 5. The maximum absolute atomic E-state index is 9.57. The molecule has 0 fully saturated rings. The minimum atomic E-state index is 0.230. The third-order valence-corrected chi connectivity index (χ3v) is 4.28. The van der Waals surface area contributed by atoms with Crippen LogP contribution >= 0.6 is 0 Å². The molecule has 0 saturated heterocycles. The number of hydrogen-bond donors (Lipinski definition) is 2. The maximum Gasteiger partial charge on any atom is 0.0477 e. The molecule has 0 aliphatic carbocycles. The zero-order valence-corrected chi connectivity index (χ0v) is 12.6. The molecule has 0 aliphatic rings. The summed E-state index contributed by atoms with van der Waals surface area (Å²) in [5, 5.41) is 13.0. The second-order valence-corrected chi connectivity index (χ2v) is 5.29. The first-order valence-corrected chi connectivity index (χ1v) is 6.83. The Kier molecular flexibility index (Phi) is 5.36. The third kappa shape index (κ3) is 2.76. The van der Waals surface area contributed by atoms with E-state index in [1.807, 2.05) is 7.05 Å². The van der Waals surface area contributed by atoms with E-state index in [1.165, 1.54) is 27.8 Å².